The van der Waals surface area contributed by atoms with Crippen LogP contribution >= 0.6 is 0 Å². The van der Waals surface area contributed by atoms with Crippen molar-refractivity contribution in [2.45, 2.75) is 6.29 Å². The van der Waals surface area contributed by atoms with Gasteiger partial charge in [-0.15, -0.1) is 0 Å². The standard InChI is InChI=1S/C8H10O5/c1-3-6(10)12-8(5-9)13-7(11)4-2/h3-4,8-9H,1-2,5H2. The summed E-state index contributed by atoms with van der Waals surface area (Å²) in [7, 11) is 0. The molecule has 0 rings (SSSR count). The lowest BCUT2D eigenvalue weighted by atomic mass is 10.6. The van der Waals surface area contributed by atoms with Crippen LogP contribution in [0.25, 0.3) is 0 Å². The summed E-state index contributed by atoms with van der Waals surface area (Å²) >= 11 is 0. The minimum absolute atomic E-state index is 0.612. The molecule has 0 atom stereocenters. The highest BCUT2D eigenvalue weighted by Gasteiger charge is 2.14. The van der Waals surface area contributed by atoms with Gasteiger partial charge in [0.2, 0.25) is 0 Å². The van der Waals surface area contributed by atoms with Crippen molar-refractivity contribution >= 4 is 11.9 Å². The zero-order valence-electron chi connectivity index (χ0n) is 6.93. The molecule has 0 heterocycles. The highest BCUT2D eigenvalue weighted by Crippen LogP contribution is 1.96. The van der Waals surface area contributed by atoms with E-state index in [1.165, 1.54) is 0 Å². The van der Waals surface area contributed by atoms with Crippen molar-refractivity contribution in [2.75, 3.05) is 6.61 Å². The SMILES string of the molecule is C=CC(=O)OC(CO)OC(=O)C=C. The van der Waals surface area contributed by atoms with E-state index in [2.05, 4.69) is 22.6 Å². The van der Waals surface area contributed by atoms with Crippen LogP contribution in [-0.2, 0) is 19.1 Å². The molecule has 5 nitrogen and oxygen atoms in total. The van der Waals surface area contributed by atoms with Gasteiger partial charge in [0.05, 0.1) is 0 Å². The number of hydrogen-bond acceptors (Lipinski definition) is 5. The lowest BCUT2D eigenvalue weighted by Gasteiger charge is -2.13. The van der Waals surface area contributed by atoms with Gasteiger partial charge in [0, 0.05) is 12.2 Å². The number of hydrogen-bond donors (Lipinski definition) is 1. The number of esters is 2. The molecule has 13 heavy (non-hydrogen) atoms. The van der Waals surface area contributed by atoms with Crippen molar-refractivity contribution in [3.8, 4) is 0 Å². The van der Waals surface area contributed by atoms with Crippen LogP contribution in [0.15, 0.2) is 25.3 Å². The van der Waals surface area contributed by atoms with Crippen LogP contribution in [0.5, 0.6) is 0 Å². The summed E-state index contributed by atoms with van der Waals surface area (Å²) < 4.78 is 8.85. The van der Waals surface area contributed by atoms with Crippen molar-refractivity contribution in [3.63, 3.8) is 0 Å². The maximum Gasteiger partial charge on any atom is 0.333 e. The second kappa shape index (κ2) is 5.96. The first-order chi connectivity index (χ1) is 6.13. The van der Waals surface area contributed by atoms with Crippen LogP contribution in [0.4, 0.5) is 0 Å². The average molecular weight is 186 g/mol. The number of aliphatic hydroxyl groups is 1. The molecular weight excluding hydrogens is 176 g/mol. The predicted molar refractivity (Wildman–Crippen MR) is 43.5 cm³/mol. The second-order valence-electron chi connectivity index (χ2n) is 1.89. The fourth-order valence-electron chi connectivity index (χ4n) is 0.454. The molecule has 5 heteroatoms. The van der Waals surface area contributed by atoms with Crippen LogP contribution < -0.4 is 0 Å². The molecule has 1 N–H and O–H groups in total. The van der Waals surface area contributed by atoms with E-state index in [1.54, 1.807) is 0 Å². The first kappa shape index (κ1) is 11.4. The number of aliphatic hydroxyl groups excluding tert-OH is 1. The van der Waals surface area contributed by atoms with Gasteiger partial charge < -0.3 is 14.6 Å². The van der Waals surface area contributed by atoms with Gasteiger partial charge in [-0.2, -0.15) is 0 Å². The van der Waals surface area contributed by atoms with Gasteiger partial charge in [-0.3, -0.25) is 0 Å². The van der Waals surface area contributed by atoms with E-state index in [0.29, 0.717) is 0 Å². The molecule has 0 aliphatic heterocycles. The molecule has 0 bridgehead atoms. The van der Waals surface area contributed by atoms with Crippen molar-refractivity contribution in [2.24, 2.45) is 0 Å². The zero-order valence-corrected chi connectivity index (χ0v) is 6.93. The van der Waals surface area contributed by atoms with E-state index in [-0.39, 0.29) is 0 Å². The molecule has 0 saturated carbocycles. The van der Waals surface area contributed by atoms with Gasteiger partial charge in [-0.05, 0) is 0 Å². The van der Waals surface area contributed by atoms with Gasteiger partial charge in [0.15, 0.2) is 0 Å². The van der Waals surface area contributed by atoms with Crippen molar-refractivity contribution in [3.05, 3.63) is 25.3 Å². The summed E-state index contributed by atoms with van der Waals surface area (Å²) in [6.45, 7) is 5.65. The Hall–Kier alpha value is -1.62. The van der Waals surface area contributed by atoms with E-state index in [9.17, 15) is 9.59 Å². The van der Waals surface area contributed by atoms with Gasteiger partial charge in [-0.25, -0.2) is 9.59 Å². The predicted octanol–water partition coefficient (Wildman–Crippen LogP) is -0.237. The quantitative estimate of drug-likeness (QED) is 0.364. The maximum absolute atomic E-state index is 10.6. The van der Waals surface area contributed by atoms with Crippen molar-refractivity contribution in [1.82, 2.24) is 0 Å². The largest absolute Gasteiger partial charge is 0.419 e. The highest BCUT2D eigenvalue weighted by molar-refractivity contribution is 5.83. The van der Waals surface area contributed by atoms with Crippen LogP contribution in [-0.4, -0.2) is 29.9 Å². The number of ether oxygens (including phenoxy) is 2. The van der Waals surface area contributed by atoms with Crippen LogP contribution in [0.3, 0.4) is 0 Å². The third-order valence-corrected chi connectivity index (χ3v) is 0.978. The molecule has 0 aromatic carbocycles. The molecule has 0 spiro atoms. The molecule has 0 aromatic heterocycles. The van der Waals surface area contributed by atoms with Crippen molar-refractivity contribution in [1.29, 1.82) is 0 Å². The van der Waals surface area contributed by atoms with Gasteiger partial charge in [-0.1, -0.05) is 13.2 Å². The van der Waals surface area contributed by atoms with E-state index in [4.69, 9.17) is 5.11 Å². The third kappa shape index (κ3) is 4.76. The Morgan fingerprint density at radius 3 is 1.85 bits per heavy atom. The lowest BCUT2D eigenvalue weighted by Crippen LogP contribution is -2.26. The van der Waals surface area contributed by atoms with Crippen LogP contribution in [0.2, 0.25) is 0 Å². The molecule has 0 amide bonds. The third-order valence-electron chi connectivity index (χ3n) is 0.978. The van der Waals surface area contributed by atoms with Crippen LogP contribution in [0.1, 0.15) is 0 Å². The Bertz CT molecular complexity index is 199. The minimum atomic E-state index is -1.31. The van der Waals surface area contributed by atoms with E-state index >= 15 is 0 Å². The van der Waals surface area contributed by atoms with E-state index < -0.39 is 24.8 Å². The molecule has 0 unspecified atom stereocenters. The highest BCUT2D eigenvalue weighted by atomic mass is 16.7. The summed E-state index contributed by atoms with van der Waals surface area (Å²) in [4.78, 5) is 21.2. The molecule has 72 valence electrons. The molecular formula is C8H10O5. The zero-order chi connectivity index (χ0) is 10.3. The van der Waals surface area contributed by atoms with Gasteiger partial charge in [0.1, 0.15) is 6.61 Å². The number of rotatable bonds is 5. The fourth-order valence-corrected chi connectivity index (χ4v) is 0.454. The van der Waals surface area contributed by atoms with Gasteiger partial charge in [0.25, 0.3) is 6.29 Å². The molecule has 0 aliphatic rings. The normalized spacial score (nSPS) is 9.08. The maximum atomic E-state index is 10.6. The second-order valence-corrected chi connectivity index (χ2v) is 1.89. The monoisotopic (exact) mass is 186 g/mol. The molecule has 0 fully saturated rings. The Labute approximate surface area is 75.3 Å². The molecule has 0 radical (unpaired) electrons. The Morgan fingerprint density at radius 2 is 1.62 bits per heavy atom. The topological polar surface area (TPSA) is 72.8 Å². The first-order valence-corrected chi connectivity index (χ1v) is 3.41. The molecule has 0 saturated heterocycles. The van der Waals surface area contributed by atoms with E-state index in [1.807, 2.05) is 0 Å². The van der Waals surface area contributed by atoms with E-state index in [0.717, 1.165) is 12.2 Å². The van der Waals surface area contributed by atoms with Crippen LogP contribution in [0, 0.1) is 0 Å². The Kier molecular flexibility index (Phi) is 5.22. The summed E-state index contributed by atoms with van der Waals surface area (Å²) in [5.41, 5.74) is 0. The Morgan fingerprint density at radius 1 is 1.23 bits per heavy atom. The summed E-state index contributed by atoms with van der Waals surface area (Å²) in [5.74, 6) is -1.56. The average Bonchev–Trinajstić information content (AvgIpc) is 2.16. The smallest absolute Gasteiger partial charge is 0.333 e. The summed E-state index contributed by atoms with van der Waals surface area (Å²) in [6.07, 6.45) is 0.477. The summed E-state index contributed by atoms with van der Waals surface area (Å²) in [6, 6.07) is 0. The minimum Gasteiger partial charge on any atom is -0.419 e. The lowest BCUT2D eigenvalue weighted by molar-refractivity contribution is -0.187. The number of carbonyl (C=O) groups excluding carboxylic acids is 2. The fraction of sp³-hybridized carbons (Fsp3) is 0.250. The molecule has 0 aromatic rings. The first-order valence-electron chi connectivity index (χ1n) is 3.41. The van der Waals surface area contributed by atoms with Crippen molar-refractivity contribution < 1.29 is 24.2 Å². The molecule has 0 aliphatic carbocycles. The number of carbonyl (C=O) groups is 2. The summed E-state index contributed by atoms with van der Waals surface area (Å²) in [5, 5.41) is 8.59. The Balaban J connectivity index is 4.02. The van der Waals surface area contributed by atoms with Gasteiger partial charge >= 0.3 is 11.9 Å².